The zero-order chi connectivity index (χ0) is 15.4. The minimum absolute atomic E-state index is 0.0636. The van der Waals surface area contributed by atoms with Crippen LogP contribution in [0.1, 0.15) is 54.9 Å². The van der Waals surface area contributed by atoms with Gasteiger partial charge in [0, 0.05) is 31.4 Å². The number of aryl methyl sites for hydroxylation is 1. The van der Waals surface area contributed by atoms with E-state index in [1.165, 1.54) is 37.7 Å². The normalized spacial score (nSPS) is 21.9. The monoisotopic (exact) mass is 288 g/mol. The highest BCUT2D eigenvalue weighted by Gasteiger charge is 2.24. The molecule has 21 heavy (non-hydrogen) atoms. The Labute approximate surface area is 128 Å². The first kappa shape index (κ1) is 15.9. The van der Waals surface area contributed by atoms with E-state index < -0.39 is 0 Å². The molecular formula is C18H28N2O. The number of hydrogen-bond donors (Lipinski definition) is 1. The van der Waals surface area contributed by atoms with Crippen molar-refractivity contribution in [1.29, 1.82) is 0 Å². The van der Waals surface area contributed by atoms with Crippen molar-refractivity contribution in [1.82, 2.24) is 4.90 Å². The molecule has 0 aromatic heterocycles. The number of carbonyl (C=O) groups excluding carboxylic acids is 1. The number of amides is 1. The van der Waals surface area contributed by atoms with Crippen LogP contribution in [0.4, 0.5) is 5.69 Å². The smallest absolute Gasteiger partial charge is 0.253 e. The summed E-state index contributed by atoms with van der Waals surface area (Å²) in [6, 6.07) is 6.52. The van der Waals surface area contributed by atoms with Gasteiger partial charge in [0.15, 0.2) is 0 Å². The molecule has 3 nitrogen and oxygen atoms in total. The molecule has 1 amide bonds. The Morgan fingerprint density at radius 3 is 2.67 bits per heavy atom. The van der Waals surface area contributed by atoms with Crippen molar-refractivity contribution in [2.24, 2.45) is 5.92 Å². The molecule has 1 saturated carbocycles. The predicted octanol–water partition coefficient (Wildman–Crippen LogP) is 4.08. The van der Waals surface area contributed by atoms with E-state index in [0.29, 0.717) is 6.04 Å². The molecule has 1 aromatic carbocycles. The van der Waals surface area contributed by atoms with Crippen LogP contribution < -0.4 is 5.32 Å². The average Bonchev–Trinajstić information content (AvgIpc) is 2.49. The number of carbonyl (C=O) groups is 1. The lowest BCUT2D eigenvalue weighted by Crippen LogP contribution is -2.32. The first-order valence-corrected chi connectivity index (χ1v) is 8.11. The molecule has 0 saturated heterocycles. The molecule has 1 aliphatic carbocycles. The summed E-state index contributed by atoms with van der Waals surface area (Å²) >= 11 is 0. The Morgan fingerprint density at radius 2 is 2.00 bits per heavy atom. The molecule has 2 atom stereocenters. The van der Waals surface area contributed by atoms with Crippen molar-refractivity contribution in [3.8, 4) is 0 Å². The van der Waals surface area contributed by atoms with Gasteiger partial charge in [0.1, 0.15) is 0 Å². The minimum atomic E-state index is 0.0636. The lowest BCUT2D eigenvalue weighted by molar-refractivity contribution is 0.0827. The molecule has 0 bridgehead atoms. The van der Waals surface area contributed by atoms with Gasteiger partial charge in [-0.05, 0) is 43.4 Å². The zero-order valence-electron chi connectivity index (χ0n) is 13.8. The van der Waals surface area contributed by atoms with Crippen LogP contribution in [0.3, 0.4) is 0 Å². The molecule has 3 heteroatoms. The topological polar surface area (TPSA) is 32.3 Å². The van der Waals surface area contributed by atoms with E-state index in [-0.39, 0.29) is 5.91 Å². The van der Waals surface area contributed by atoms with E-state index in [0.717, 1.165) is 17.2 Å². The number of anilines is 1. The molecule has 2 rings (SSSR count). The first-order chi connectivity index (χ1) is 10.0. The Bertz CT molecular complexity index is 496. The quantitative estimate of drug-likeness (QED) is 0.905. The van der Waals surface area contributed by atoms with Crippen LogP contribution in [0.2, 0.25) is 0 Å². The Kier molecular flexibility index (Phi) is 5.27. The maximum atomic E-state index is 12.1. The summed E-state index contributed by atoms with van der Waals surface area (Å²) in [5, 5.41) is 3.71. The fourth-order valence-corrected chi connectivity index (χ4v) is 3.25. The maximum absolute atomic E-state index is 12.1. The van der Waals surface area contributed by atoms with Crippen molar-refractivity contribution in [2.75, 3.05) is 19.4 Å². The van der Waals surface area contributed by atoms with Crippen molar-refractivity contribution in [3.63, 3.8) is 0 Å². The fourth-order valence-electron chi connectivity index (χ4n) is 3.25. The largest absolute Gasteiger partial charge is 0.382 e. The van der Waals surface area contributed by atoms with Crippen LogP contribution in [-0.2, 0) is 0 Å². The number of nitrogens with one attached hydrogen (secondary N) is 1. The highest BCUT2D eigenvalue weighted by Crippen LogP contribution is 2.30. The number of nitrogens with zero attached hydrogens (tertiary/aromatic N) is 1. The van der Waals surface area contributed by atoms with Crippen molar-refractivity contribution in [3.05, 3.63) is 29.3 Å². The SMILES string of the molecule is CCC1CCCCC1Nc1cc(C(=O)N(C)C)ccc1C. The average molecular weight is 288 g/mol. The molecule has 116 valence electrons. The third-order valence-corrected chi connectivity index (χ3v) is 4.67. The second-order valence-electron chi connectivity index (χ2n) is 6.43. The maximum Gasteiger partial charge on any atom is 0.253 e. The molecule has 1 N–H and O–H groups in total. The molecule has 0 spiro atoms. The third kappa shape index (κ3) is 3.78. The van der Waals surface area contributed by atoms with E-state index in [4.69, 9.17) is 0 Å². The summed E-state index contributed by atoms with van der Waals surface area (Å²) in [7, 11) is 3.59. The Hall–Kier alpha value is -1.51. The van der Waals surface area contributed by atoms with Crippen molar-refractivity contribution in [2.45, 2.75) is 52.0 Å². The summed E-state index contributed by atoms with van der Waals surface area (Å²) in [4.78, 5) is 13.7. The second kappa shape index (κ2) is 6.97. The molecule has 0 heterocycles. The van der Waals surface area contributed by atoms with Gasteiger partial charge in [-0.3, -0.25) is 4.79 Å². The summed E-state index contributed by atoms with van der Waals surface area (Å²) in [5.74, 6) is 0.820. The van der Waals surface area contributed by atoms with E-state index in [9.17, 15) is 4.79 Å². The van der Waals surface area contributed by atoms with Gasteiger partial charge in [-0.25, -0.2) is 0 Å². The van der Waals surface area contributed by atoms with Gasteiger partial charge in [0.2, 0.25) is 0 Å². The molecule has 1 aromatic rings. The summed E-state index contributed by atoms with van der Waals surface area (Å²) in [6.07, 6.45) is 6.46. The summed E-state index contributed by atoms with van der Waals surface area (Å²) < 4.78 is 0. The van der Waals surface area contributed by atoms with Crippen LogP contribution in [0.15, 0.2) is 18.2 Å². The predicted molar refractivity (Wildman–Crippen MR) is 88.9 cm³/mol. The lowest BCUT2D eigenvalue weighted by atomic mass is 9.82. The summed E-state index contributed by atoms with van der Waals surface area (Å²) in [6.45, 7) is 4.39. The fraction of sp³-hybridized carbons (Fsp3) is 0.611. The molecule has 0 radical (unpaired) electrons. The van der Waals surface area contributed by atoms with Crippen molar-refractivity contribution >= 4 is 11.6 Å². The Morgan fingerprint density at radius 1 is 1.29 bits per heavy atom. The number of benzene rings is 1. The highest BCUT2D eigenvalue weighted by atomic mass is 16.2. The van der Waals surface area contributed by atoms with Crippen LogP contribution in [-0.4, -0.2) is 30.9 Å². The van der Waals surface area contributed by atoms with Gasteiger partial charge in [-0.1, -0.05) is 32.3 Å². The van der Waals surface area contributed by atoms with E-state index in [1.54, 1.807) is 19.0 Å². The lowest BCUT2D eigenvalue weighted by Gasteiger charge is -2.33. The minimum Gasteiger partial charge on any atom is -0.382 e. The van der Waals surface area contributed by atoms with Crippen LogP contribution in [0.25, 0.3) is 0 Å². The molecule has 0 aliphatic heterocycles. The second-order valence-corrected chi connectivity index (χ2v) is 6.43. The highest BCUT2D eigenvalue weighted by molar-refractivity contribution is 5.95. The van der Waals surface area contributed by atoms with Gasteiger partial charge in [-0.2, -0.15) is 0 Å². The number of rotatable bonds is 4. The first-order valence-electron chi connectivity index (χ1n) is 8.11. The van der Waals surface area contributed by atoms with Gasteiger partial charge in [0.25, 0.3) is 5.91 Å². The standard InChI is InChI=1S/C18H28N2O/c1-5-14-8-6-7-9-16(14)19-17-12-15(11-10-13(17)2)18(21)20(3)4/h10-12,14,16,19H,5-9H2,1-4H3. The number of hydrogen-bond acceptors (Lipinski definition) is 2. The van der Waals surface area contributed by atoms with E-state index in [2.05, 4.69) is 19.2 Å². The Balaban J connectivity index is 2.18. The van der Waals surface area contributed by atoms with Gasteiger partial charge >= 0.3 is 0 Å². The van der Waals surface area contributed by atoms with Gasteiger partial charge < -0.3 is 10.2 Å². The molecule has 1 aliphatic rings. The van der Waals surface area contributed by atoms with Crippen LogP contribution in [0, 0.1) is 12.8 Å². The zero-order valence-corrected chi connectivity index (χ0v) is 13.8. The van der Waals surface area contributed by atoms with Gasteiger partial charge in [-0.15, -0.1) is 0 Å². The van der Waals surface area contributed by atoms with Crippen molar-refractivity contribution < 1.29 is 4.79 Å². The third-order valence-electron chi connectivity index (χ3n) is 4.67. The van der Waals surface area contributed by atoms with E-state index in [1.807, 2.05) is 18.2 Å². The van der Waals surface area contributed by atoms with Gasteiger partial charge in [0.05, 0.1) is 0 Å². The molecule has 1 fully saturated rings. The van der Waals surface area contributed by atoms with Crippen LogP contribution in [0.5, 0.6) is 0 Å². The summed E-state index contributed by atoms with van der Waals surface area (Å²) in [5.41, 5.74) is 3.09. The van der Waals surface area contributed by atoms with E-state index >= 15 is 0 Å². The van der Waals surface area contributed by atoms with Crippen LogP contribution >= 0.6 is 0 Å². The molecular weight excluding hydrogens is 260 g/mol. The molecule has 2 unspecified atom stereocenters.